The Morgan fingerprint density at radius 3 is 1.60 bits per heavy atom. The van der Waals surface area contributed by atoms with Gasteiger partial charge in [-0.25, -0.2) is 0 Å². The Balaban J connectivity index is 4.23. The molecule has 92 valence electrons. The van der Waals surface area contributed by atoms with Crippen LogP contribution in [0.2, 0.25) is 25.7 Å². The zero-order valence-corrected chi connectivity index (χ0v) is 13.1. The summed E-state index contributed by atoms with van der Waals surface area (Å²) >= 11 is 0. The number of hydrogen-bond donors (Lipinski definition) is 0. The fraction of sp³-hybridized carbons (Fsp3) is 1.00. The first-order chi connectivity index (χ1) is 6.81. The Hall–Kier alpha value is 0.274. The lowest BCUT2D eigenvalue weighted by molar-refractivity contribution is 0.122. The first-order valence-corrected chi connectivity index (χ1v) is 10.6. The van der Waals surface area contributed by atoms with Crippen LogP contribution in [-0.2, 0) is 13.3 Å². The lowest BCUT2D eigenvalue weighted by atomic mass is 10.8. The maximum atomic E-state index is 5.38. The SMILES string of the molecule is CO[Si](CCN(C)[Si](C)(C)C)(OC)OC. The van der Waals surface area contributed by atoms with Crippen LogP contribution < -0.4 is 0 Å². The van der Waals surface area contributed by atoms with E-state index in [-0.39, 0.29) is 0 Å². The molecule has 0 aliphatic rings. The van der Waals surface area contributed by atoms with Crippen molar-refractivity contribution in [3.63, 3.8) is 0 Å². The molecule has 0 amide bonds. The van der Waals surface area contributed by atoms with Crippen molar-refractivity contribution in [2.75, 3.05) is 34.9 Å². The Bertz CT molecular complexity index is 172. The molecular formula is C9H25NO3Si2. The second-order valence-corrected chi connectivity index (χ2v) is 12.8. The van der Waals surface area contributed by atoms with E-state index in [0.29, 0.717) is 0 Å². The van der Waals surface area contributed by atoms with Crippen molar-refractivity contribution in [1.29, 1.82) is 0 Å². The molecule has 0 rings (SSSR count). The van der Waals surface area contributed by atoms with Gasteiger partial charge in [-0.05, 0) is 13.6 Å². The minimum Gasteiger partial charge on any atom is -0.377 e. The van der Waals surface area contributed by atoms with Gasteiger partial charge in [0.05, 0.1) is 0 Å². The summed E-state index contributed by atoms with van der Waals surface area (Å²) in [5.41, 5.74) is 0. The van der Waals surface area contributed by atoms with Gasteiger partial charge < -0.3 is 17.8 Å². The van der Waals surface area contributed by atoms with E-state index in [0.717, 1.165) is 12.6 Å². The second-order valence-electron chi connectivity index (χ2n) is 4.64. The molecule has 0 unspecified atom stereocenters. The van der Waals surface area contributed by atoms with Crippen LogP contribution in [-0.4, -0.2) is 56.5 Å². The monoisotopic (exact) mass is 251 g/mol. The molecule has 0 saturated carbocycles. The van der Waals surface area contributed by atoms with E-state index in [1.54, 1.807) is 21.3 Å². The Kier molecular flexibility index (Phi) is 6.23. The smallest absolute Gasteiger partial charge is 0.377 e. The molecule has 0 aromatic rings. The van der Waals surface area contributed by atoms with Crippen molar-refractivity contribution in [2.45, 2.75) is 25.7 Å². The highest BCUT2D eigenvalue weighted by molar-refractivity contribution is 6.73. The van der Waals surface area contributed by atoms with Gasteiger partial charge in [0, 0.05) is 27.4 Å². The summed E-state index contributed by atoms with van der Waals surface area (Å²) in [6.07, 6.45) is 0. The van der Waals surface area contributed by atoms with Crippen LogP contribution in [0.5, 0.6) is 0 Å². The Morgan fingerprint density at radius 1 is 0.933 bits per heavy atom. The number of nitrogens with zero attached hydrogens (tertiary/aromatic N) is 1. The molecule has 0 heterocycles. The molecule has 4 nitrogen and oxygen atoms in total. The van der Waals surface area contributed by atoms with Gasteiger partial charge in [0.25, 0.3) is 0 Å². The van der Waals surface area contributed by atoms with Crippen LogP contribution in [0.15, 0.2) is 0 Å². The molecule has 0 spiro atoms. The quantitative estimate of drug-likeness (QED) is 0.644. The lowest BCUT2D eigenvalue weighted by Gasteiger charge is -2.32. The van der Waals surface area contributed by atoms with E-state index < -0.39 is 17.0 Å². The van der Waals surface area contributed by atoms with Gasteiger partial charge in [-0.1, -0.05) is 19.6 Å². The summed E-state index contributed by atoms with van der Waals surface area (Å²) < 4.78 is 18.6. The molecule has 0 aliphatic heterocycles. The van der Waals surface area contributed by atoms with Crippen molar-refractivity contribution in [3.05, 3.63) is 0 Å². The maximum Gasteiger partial charge on any atom is 0.501 e. The summed E-state index contributed by atoms with van der Waals surface area (Å²) in [6.45, 7) is 7.94. The number of rotatable bonds is 7. The molecule has 0 aromatic carbocycles. The summed E-state index contributed by atoms with van der Waals surface area (Å²) in [5, 5.41) is 0. The zero-order chi connectivity index (χ0) is 12.1. The van der Waals surface area contributed by atoms with Crippen LogP contribution in [0, 0.1) is 0 Å². The third kappa shape index (κ3) is 4.75. The average Bonchev–Trinajstić information content (AvgIpc) is 2.19. The molecule has 15 heavy (non-hydrogen) atoms. The first kappa shape index (κ1) is 15.3. The van der Waals surface area contributed by atoms with Crippen molar-refractivity contribution in [1.82, 2.24) is 4.57 Å². The standard InChI is InChI=1S/C9H25NO3Si2/c1-10(14(5,6)7)8-9-15(11-2,12-3)13-4/h8-9H2,1-7H3. The molecule has 0 radical (unpaired) electrons. The fourth-order valence-corrected chi connectivity index (χ4v) is 3.92. The summed E-state index contributed by atoms with van der Waals surface area (Å²) in [5.74, 6) is 0. The summed E-state index contributed by atoms with van der Waals surface area (Å²) in [6, 6.07) is 0.845. The van der Waals surface area contributed by atoms with Crippen molar-refractivity contribution >= 4 is 17.0 Å². The van der Waals surface area contributed by atoms with E-state index in [2.05, 4.69) is 31.3 Å². The van der Waals surface area contributed by atoms with E-state index in [1.165, 1.54) is 0 Å². The minimum absolute atomic E-state index is 0.845. The highest BCUT2D eigenvalue weighted by atomic mass is 28.4. The Morgan fingerprint density at radius 2 is 1.33 bits per heavy atom. The van der Waals surface area contributed by atoms with Crippen LogP contribution in [0.3, 0.4) is 0 Å². The van der Waals surface area contributed by atoms with Gasteiger partial charge in [0.2, 0.25) is 0 Å². The molecule has 0 atom stereocenters. The van der Waals surface area contributed by atoms with E-state index >= 15 is 0 Å². The van der Waals surface area contributed by atoms with Gasteiger partial charge in [-0.2, -0.15) is 0 Å². The molecule has 0 saturated heterocycles. The topological polar surface area (TPSA) is 30.9 Å². The van der Waals surface area contributed by atoms with Gasteiger partial charge in [0.15, 0.2) is 0 Å². The molecule has 0 aliphatic carbocycles. The van der Waals surface area contributed by atoms with Gasteiger partial charge >= 0.3 is 8.80 Å². The predicted octanol–water partition coefficient (Wildman–Crippen LogP) is 1.63. The zero-order valence-electron chi connectivity index (χ0n) is 11.1. The van der Waals surface area contributed by atoms with Gasteiger partial charge in [0.1, 0.15) is 8.24 Å². The van der Waals surface area contributed by atoms with Crippen LogP contribution in [0.25, 0.3) is 0 Å². The normalized spacial score (nSPS) is 13.6. The third-order valence-electron chi connectivity index (χ3n) is 2.83. The van der Waals surface area contributed by atoms with Crippen LogP contribution in [0.1, 0.15) is 0 Å². The fourth-order valence-electron chi connectivity index (χ4n) is 1.20. The van der Waals surface area contributed by atoms with Gasteiger partial charge in [-0.3, -0.25) is 0 Å². The minimum atomic E-state index is -2.38. The molecular weight excluding hydrogens is 226 g/mol. The predicted molar refractivity (Wildman–Crippen MR) is 67.6 cm³/mol. The third-order valence-corrected chi connectivity index (χ3v) is 8.05. The van der Waals surface area contributed by atoms with Crippen LogP contribution >= 0.6 is 0 Å². The second kappa shape index (κ2) is 6.12. The summed E-state index contributed by atoms with van der Waals surface area (Å²) in [4.78, 5) is 0. The first-order valence-electron chi connectivity index (χ1n) is 5.18. The van der Waals surface area contributed by atoms with Crippen molar-refractivity contribution in [3.8, 4) is 0 Å². The molecule has 0 fully saturated rings. The van der Waals surface area contributed by atoms with E-state index in [1.807, 2.05) is 0 Å². The molecule has 6 heteroatoms. The average molecular weight is 251 g/mol. The molecule has 0 bridgehead atoms. The summed E-state index contributed by atoms with van der Waals surface area (Å²) in [7, 11) is 3.55. The largest absolute Gasteiger partial charge is 0.501 e. The lowest BCUT2D eigenvalue weighted by Crippen LogP contribution is -2.49. The van der Waals surface area contributed by atoms with Crippen LogP contribution in [0.4, 0.5) is 0 Å². The highest BCUT2D eigenvalue weighted by Crippen LogP contribution is 2.15. The van der Waals surface area contributed by atoms with E-state index in [9.17, 15) is 0 Å². The van der Waals surface area contributed by atoms with Crippen molar-refractivity contribution < 1.29 is 13.3 Å². The maximum absolute atomic E-state index is 5.38. The van der Waals surface area contributed by atoms with Gasteiger partial charge in [-0.15, -0.1) is 0 Å². The van der Waals surface area contributed by atoms with Crippen molar-refractivity contribution in [2.24, 2.45) is 0 Å². The molecule has 0 N–H and O–H groups in total. The number of hydrogen-bond acceptors (Lipinski definition) is 4. The van der Waals surface area contributed by atoms with E-state index in [4.69, 9.17) is 13.3 Å². The Labute approximate surface area is 96.0 Å². The molecule has 0 aromatic heterocycles. The highest BCUT2D eigenvalue weighted by Gasteiger charge is 2.38.